The molecular weight excluding hydrogens is 247 g/mol. The van der Waals surface area contributed by atoms with Crippen LogP contribution in [0.25, 0.3) is 0 Å². The summed E-state index contributed by atoms with van der Waals surface area (Å²) < 4.78 is 19.0. The number of para-hydroxylation sites is 1. The number of halogens is 1. The Labute approximate surface area is 109 Å². The van der Waals surface area contributed by atoms with Gasteiger partial charge in [0, 0.05) is 11.3 Å². The molecule has 0 saturated heterocycles. The van der Waals surface area contributed by atoms with E-state index >= 15 is 0 Å². The van der Waals surface area contributed by atoms with Gasteiger partial charge in [-0.1, -0.05) is 18.2 Å². The first kappa shape index (κ1) is 12.9. The van der Waals surface area contributed by atoms with Gasteiger partial charge in [-0.3, -0.25) is 4.79 Å². The Morgan fingerprint density at radius 1 is 1.16 bits per heavy atom. The van der Waals surface area contributed by atoms with Gasteiger partial charge < -0.3 is 16.2 Å². The Hall–Kier alpha value is -2.56. The highest BCUT2D eigenvalue weighted by atomic mass is 19.1. The van der Waals surface area contributed by atoms with Crippen molar-refractivity contribution in [2.45, 2.75) is 6.61 Å². The first-order valence-corrected chi connectivity index (χ1v) is 5.64. The number of carbonyl (C=O) groups is 1. The van der Waals surface area contributed by atoms with Crippen LogP contribution >= 0.6 is 0 Å². The van der Waals surface area contributed by atoms with E-state index in [1.165, 1.54) is 12.1 Å². The van der Waals surface area contributed by atoms with Crippen LogP contribution in [0.15, 0.2) is 42.5 Å². The van der Waals surface area contributed by atoms with Gasteiger partial charge in [0.15, 0.2) is 0 Å². The van der Waals surface area contributed by atoms with Gasteiger partial charge in [-0.25, -0.2) is 4.39 Å². The largest absolute Gasteiger partial charge is 0.488 e. The topological polar surface area (TPSA) is 78.3 Å². The summed E-state index contributed by atoms with van der Waals surface area (Å²) in [6.07, 6.45) is 0. The molecule has 0 spiro atoms. The standard InChI is InChI=1S/C14H13FN2O2/c15-11-5-3-6-12(16)10(11)8-19-13-7-2-1-4-9(13)14(17)18/h1-7H,8,16H2,(H2,17,18). The van der Waals surface area contributed by atoms with Crippen LogP contribution in [-0.2, 0) is 6.61 Å². The van der Waals surface area contributed by atoms with Crippen molar-refractivity contribution in [3.8, 4) is 5.75 Å². The number of amides is 1. The van der Waals surface area contributed by atoms with Gasteiger partial charge in [0.1, 0.15) is 18.2 Å². The highest BCUT2D eigenvalue weighted by Gasteiger charge is 2.11. The maximum Gasteiger partial charge on any atom is 0.252 e. The Bertz CT molecular complexity index is 594. The number of hydrogen-bond donors (Lipinski definition) is 2. The molecule has 0 heterocycles. The molecule has 2 aromatic rings. The van der Waals surface area contributed by atoms with Crippen molar-refractivity contribution in [2.75, 3.05) is 5.73 Å². The fourth-order valence-corrected chi connectivity index (χ4v) is 1.67. The summed E-state index contributed by atoms with van der Waals surface area (Å²) in [4.78, 5) is 11.2. The summed E-state index contributed by atoms with van der Waals surface area (Å²) in [5.41, 5.74) is 11.7. The molecule has 0 radical (unpaired) electrons. The lowest BCUT2D eigenvalue weighted by Crippen LogP contribution is -2.13. The molecule has 0 unspecified atom stereocenters. The van der Waals surface area contributed by atoms with Crippen molar-refractivity contribution in [2.24, 2.45) is 5.73 Å². The van der Waals surface area contributed by atoms with Gasteiger partial charge in [0.25, 0.3) is 5.91 Å². The van der Waals surface area contributed by atoms with Crippen LogP contribution in [0, 0.1) is 5.82 Å². The van der Waals surface area contributed by atoms with Gasteiger partial charge in [-0.2, -0.15) is 0 Å². The van der Waals surface area contributed by atoms with Gasteiger partial charge in [-0.05, 0) is 24.3 Å². The van der Waals surface area contributed by atoms with E-state index in [4.69, 9.17) is 16.2 Å². The summed E-state index contributed by atoms with van der Waals surface area (Å²) in [6, 6.07) is 10.9. The Kier molecular flexibility index (Phi) is 3.66. The molecule has 0 aliphatic rings. The van der Waals surface area contributed by atoms with Crippen molar-refractivity contribution in [3.05, 3.63) is 59.4 Å². The zero-order chi connectivity index (χ0) is 13.8. The molecule has 0 fully saturated rings. The van der Waals surface area contributed by atoms with Gasteiger partial charge in [0.2, 0.25) is 0 Å². The number of ether oxygens (including phenoxy) is 1. The molecule has 0 aliphatic carbocycles. The van der Waals surface area contributed by atoms with Crippen molar-refractivity contribution >= 4 is 11.6 Å². The number of carbonyl (C=O) groups excluding carboxylic acids is 1. The maximum atomic E-state index is 13.6. The zero-order valence-corrected chi connectivity index (χ0v) is 10.1. The van der Waals surface area contributed by atoms with Crippen molar-refractivity contribution in [3.63, 3.8) is 0 Å². The highest BCUT2D eigenvalue weighted by Crippen LogP contribution is 2.22. The third-order valence-corrected chi connectivity index (χ3v) is 2.68. The van der Waals surface area contributed by atoms with Gasteiger partial charge in [-0.15, -0.1) is 0 Å². The molecule has 19 heavy (non-hydrogen) atoms. The zero-order valence-electron chi connectivity index (χ0n) is 10.1. The van der Waals surface area contributed by atoms with Crippen LogP contribution in [0.4, 0.5) is 10.1 Å². The maximum absolute atomic E-state index is 13.6. The van der Waals surface area contributed by atoms with E-state index in [-0.39, 0.29) is 17.7 Å². The minimum absolute atomic E-state index is 0.0667. The van der Waals surface area contributed by atoms with E-state index in [9.17, 15) is 9.18 Å². The van der Waals surface area contributed by atoms with E-state index in [0.29, 0.717) is 11.4 Å². The number of benzene rings is 2. The lowest BCUT2D eigenvalue weighted by molar-refractivity contribution is 0.0996. The van der Waals surface area contributed by atoms with Gasteiger partial charge >= 0.3 is 0 Å². The third kappa shape index (κ3) is 2.82. The lowest BCUT2D eigenvalue weighted by atomic mass is 10.1. The number of nitrogens with two attached hydrogens (primary N) is 2. The highest BCUT2D eigenvalue weighted by molar-refractivity contribution is 5.95. The molecule has 98 valence electrons. The van der Waals surface area contributed by atoms with Crippen molar-refractivity contribution in [1.29, 1.82) is 0 Å². The van der Waals surface area contributed by atoms with Crippen LogP contribution in [-0.4, -0.2) is 5.91 Å². The van der Waals surface area contributed by atoms with E-state index in [0.717, 1.165) is 0 Å². The first-order valence-electron chi connectivity index (χ1n) is 5.64. The minimum atomic E-state index is -0.600. The number of nitrogen functional groups attached to an aromatic ring is 1. The molecule has 0 aliphatic heterocycles. The van der Waals surface area contributed by atoms with E-state index < -0.39 is 11.7 Å². The number of anilines is 1. The van der Waals surface area contributed by atoms with E-state index in [2.05, 4.69) is 0 Å². The molecule has 0 aromatic heterocycles. The molecule has 5 heteroatoms. The molecule has 2 rings (SSSR count). The van der Waals surface area contributed by atoms with Crippen molar-refractivity contribution < 1.29 is 13.9 Å². The quantitative estimate of drug-likeness (QED) is 0.826. The first-order chi connectivity index (χ1) is 9.09. The van der Waals surface area contributed by atoms with Crippen LogP contribution in [0.2, 0.25) is 0 Å². The van der Waals surface area contributed by atoms with Crippen LogP contribution in [0.3, 0.4) is 0 Å². The Morgan fingerprint density at radius 3 is 2.58 bits per heavy atom. The summed E-state index contributed by atoms with van der Waals surface area (Å²) in [5, 5.41) is 0. The Morgan fingerprint density at radius 2 is 1.89 bits per heavy atom. The van der Waals surface area contributed by atoms with E-state index in [1.54, 1.807) is 30.3 Å². The average Bonchev–Trinajstić information content (AvgIpc) is 2.38. The second kappa shape index (κ2) is 5.39. The lowest BCUT2D eigenvalue weighted by Gasteiger charge is -2.11. The normalized spacial score (nSPS) is 10.2. The molecule has 2 aromatic carbocycles. The van der Waals surface area contributed by atoms with Crippen LogP contribution < -0.4 is 16.2 Å². The fourth-order valence-electron chi connectivity index (χ4n) is 1.67. The number of primary amides is 1. The minimum Gasteiger partial charge on any atom is -0.488 e. The predicted molar refractivity (Wildman–Crippen MR) is 70.1 cm³/mol. The molecule has 0 saturated carbocycles. The van der Waals surface area contributed by atoms with E-state index in [1.807, 2.05) is 0 Å². The summed E-state index contributed by atoms with van der Waals surface area (Å²) in [7, 11) is 0. The smallest absolute Gasteiger partial charge is 0.252 e. The second-order valence-electron chi connectivity index (χ2n) is 3.96. The molecular formula is C14H13FN2O2. The predicted octanol–water partition coefficient (Wildman–Crippen LogP) is 2.09. The number of rotatable bonds is 4. The molecule has 1 amide bonds. The average molecular weight is 260 g/mol. The fraction of sp³-hybridized carbons (Fsp3) is 0.0714. The summed E-state index contributed by atoms with van der Waals surface area (Å²) in [5.74, 6) is -0.744. The molecule has 4 nitrogen and oxygen atoms in total. The summed E-state index contributed by atoms with van der Waals surface area (Å²) in [6.45, 7) is -0.0667. The van der Waals surface area contributed by atoms with Gasteiger partial charge in [0.05, 0.1) is 5.56 Å². The SMILES string of the molecule is NC(=O)c1ccccc1OCc1c(N)cccc1F. The van der Waals surface area contributed by atoms with Crippen LogP contribution in [0.1, 0.15) is 15.9 Å². The second-order valence-corrected chi connectivity index (χ2v) is 3.96. The Balaban J connectivity index is 2.22. The summed E-state index contributed by atoms with van der Waals surface area (Å²) >= 11 is 0. The molecule has 0 bridgehead atoms. The number of hydrogen-bond acceptors (Lipinski definition) is 3. The molecule has 4 N–H and O–H groups in total. The van der Waals surface area contributed by atoms with Crippen LogP contribution in [0.5, 0.6) is 5.75 Å². The van der Waals surface area contributed by atoms with Crippen molar-refractivity contribution in [1.82, 2.24) is 0 Å². The monoisotopic (exact) mass is 260 g/mol. The third-order valence-electron chi connectivity index (χ3n) is 2.68. The molecule has 0 atom stereocenters.